The van der Waals surface area contributed by atoms with Gasteiger partial charge in [-0.3, -0.25) is 9.59 Å². The number of carbonyl (C=O) groups is 2. The van der Waals surface area contributed by atoms with E-state index in [0.29, 0.717) is 24.2 Å². The van der Waals surface area contributed by atoms with Gasteiger partial charge in [-0.2, -0.15) is 0 Å². The van der Waals surface area contributed by atoms with Crippen molar-refractivity contribution in [3.8, 4) is 0 Å². The van der Waals surface area contributed by atoms with E-state index in [-0.39, 0.29) is 17.6 Å². The molecule has 0 atom stereocenters. The number of hydrogen-bond acceptors (Lipinski definition) is 2. The van der Waals surface area contributed by atoms with Crippen molar-refractivity contribution in [2.75, 3.05) is 6.54 Å². The second kappa shape index (κ2) is 8.08. The second-order valence-corrected chi connectivity index (χ2v) is 5.14. The lowest BCUT2D eigenvalue weighted by Gasteiger charge is -2.07. The first kappa shape index (κ1) is 16.7. The number of halogens is 1. The summed E-state index contributed by atoms with van der Waals surface area (Å²) >= 11 is 0. The van der Waals surface area contributed by atoms with Crippen LogP contribution >= 0.6 is 0 Å². The van der Waals surface area contributed by atoms with E-state index in [1.807, 2.05) is 6.92 Å². The van der Waals surface area contributed by atoms with E-state index in [1.165, 1.54) is 24.3 Å². The molecule has 120 valence electrons. The van der Waals surface area contributed by atoms with Crippen LogP contribution < -0.4 is 10.6 Å². The fourth-order valence-corrected chi connectivity index (χ4v) is 2.00. The van der Waals surface area contributed by atoms with Gasteiger partial charge >= 0.3 is 0 Å². The van der Waals surface area contributed by atoms with Crippen molar-refractivity contribution in [2.45, 2.75) is 19.9 Å². The lowest BCUT2D eigenvalue weighted by Crippen LogP contribution is -2.24. The van der Waals surface area contributed by atoms with E-state index in [2.05, 4.69) is 10.6 Å². The molecular formula is C18H19FN2O2. The van der Waals surface area contributed by atoms with Gasteiger partial charge in [-0.05, 0) is 48.4 Å². The maximum atomic E-state index is 12.8. The van der Waals surface area contributed by atoms with Gasteiger partial charge in [0.25, 0.3) is 11.8 Å². The Bertz CT molecular complexity index is 666. The van der Waals surface area contributed by atoms with Gasteiger partial charge in [0, 0.05) is 24.2 Å². The van der Waals surface area contributed by atoms with Gasteiger partial charge in [0.15, 0.2) is 0 Å². The first-order valence-corrected chi connectivity index (χ1v) is 7.51. The first-order valence-electron chi connectivity index (χ1n) is 7.51. The standard InChI is InChI=1S/C18H19FN2O2/c1-2-11-20-17(22)14-5-3-13(4-6-14)12-21-18(23)15-7-9-16(19)10-8-15/h3-10H,2,11-12H2,1H3,(H,20,22)(H,21,23). The van der Waals surface area contributed by atoms with Gasteiger partial charge in [-0.1, -0.05) is 19.1 Å². The SMILES string of the molecule is CCCNC(=O)c1ccc(CNC(=O)c2ccc(F)cc2)cc1. The molecule has 2 aromatic rings. The van der Waals surface area contributed by atoms with Crippen LogP contribution in [-0.2, 0) is 6.54 Å². The maximum absolute atomic E-state index is 12.8. The molecule has 0 spiro atoms. The van der Waals surface area contributed by atoms with Crippen molar-refractivity contribution < 1.29 is 14.0 Å². The molecule has 0 radical (unpaired) electrons. The van der Waals surface area contributed by atoms with Crippen molar-refractivity contribution in [2.24, 2.45) is 0 Å². The summed E-state index contributed by atoms with van der Waals surface area (Å²) in [7, 11) is 0. The highest BCUT2D eigenvalue weighted by atomic mass is 19.1. The summed E-state index contributed by atoms with van der Waals surface area (Å²) in [5.74, 6) is -0.748. The Kier molecular flexibility index (Phi) is 5.86. The van der Waals surface area contributed by atoms with Crippen LogP contribution in [0.25, 0.3) is 0 Å². The van der Waals surface area contributed by atoms with Gasteiger partial charge in [0.05, 0.1) is 0 Å². The summed E-state index contributed by atoms with van der Waals surface area (Å²) < 4.78 is 12.8. The number of amides is 2. The monoisotopic (exact) mass is 314 g/mol. The zero-order valence-electron chi connectivity index (χ0n) is 12.9. The third-order valence-electron chi connectivity index (χ3n) is 3.31. The summed E-state index contributed by atoms with van der Waals surface area (Å²) in [5.41, 5.74) is 1.88. The van der Waals surface area contributed by atoms with Gasteiger partial charge in [0.2, 0.25) is 0 Å². The predicted molar refractivity (Wildman–Crippen MR) is 86.6 cm³/mol. The van der Waals surface area contributed by atoms with Crippen molar-refractivity contribution in [1.29, 1.82) is 0 Å². The number of carbonyl (C=O) groups excluding carboxylic acids is 2. The quantitative estimate of drug-likeness (QED) is 0.861. The van der Waals surface area contributed by atoms with Crippen LogP contribution in [0.4, 0.5) is 4.39 Å². The summed E-state index contributed by atoms with van der Waals surface area (Å²) in [4.78, 5) is 23.7. The molecule has 0 aliphatic carbocycles. The van der Waals surface area contributed by atoms with Crippen molar-refractivity contribution in [3.63, 3.8) is 0 Å². The largest absolute Gasteiger partial charge is 0.352 e. The van der Waals surface area contributed by atoms with Crippen molar-refractivity contribution >= 4 is 11.8 Å². The molecular weight excluding hydrogens is 295 g/mol. The van der Waals surface area contributed by atoms with Gasteiger partial charge in [0.1, 0.15) is 5.82 Å². The van der Waals surface area contributed by atoms with E-state index in [0.717, 1.165) is 12.0 Å². The molecule has 0 bridgehead atoms. The van der Waals surface area contributed by atoms with Crippen LogP contribution in [0, 0.1) is 5.82 Å². The third kappa shape index (κ3) is 4.92. The van der Waals surface area contributed by atoms with Crippen molar-refractivity contribution in [1.82, 2.24) is 10.6 Å². The highest BCUT2D eigenvalue weighted by Gasteiger charge is 2.07. The van der Waals surface area contributed by atoms with E-state index in [1.54, 1.807) is 24.3 Å². The number of hydrogen-bond donors (Lipinski definition) is 2. The molecule has 0 saturated heterocycles. The maximum Gasteiger partial charge on any atom is 0.251 e. The molecule has 0 aromatic heterocycles. The minimum absolute atomic E-state index is 0.103. The first-order chi connectivity index (χ1) is 11.1. The molecule has 0 saturated carbocycles. The van der Waals surface area contributed by atoms with Crippen LogP contribution in [0.1, 0.15) is 39.6 Å². The molecule has 23 heavy (non-hydrogen) atoms. The zero-order chi connectivity index (χ0) is 16.7. The van der Waals surface area contributed by atoms with E-state index in [4.69, 9.17) is 0 Å². The Hall–Kier alpha value is -2.69. The minimum Gasteiger partial charge on any atom is -0.352 e. The molecule has 2 amide bonds. The Labute approximate surface area is 134 Å². The summed E-state index contributed by atoms with van der Waals surface area (Å²) in [6.07, 6.45) is 0.888. The average Bonchev–Trinajstić information content (AvgIpc) is 2.58. The van der Waals surface area contributed by atoms with E-state index >= 15 is 0 Å². The van der Waals surface area contributed by atoms with Crippen LogP contribution in [0.5, 0.6) is 0 Å². The molecule has 0 aliphatic heterocycles. The molecule has 0 unspecified atom stereocenters. The van der Waals surface area contributed by atoms with Crippen LogP contribution in [0.2, 0.25) is 0 Å². The normalized spacial score (nSPS) is 10.2. The summed E-state index contributed by atoms with van der Waals surface area (Å²) in [6, 6.07) is 12.4. The molecule has 5 heteroatoms. The average molecular weight is 314 g/mol. The van der Waals surface area contributed by atoms with Gasteiger partial charge < -0.3 is 10.6 Å². The predicted octanol–water partition coefficient (Wildman–Crippen LogP) is 2.90. The highest BCUT2D eigenvalue weighted by Crippen LogP contribution is 2.06. The van der Waals surface area contributed by atoms with E-state index in [9.17, 15) is 14.0 Å². The lowest BCUT2D eigenvalue weighted by molar-refractivity contribution is 0.0943. The van der Waals surface area contributed by atoms with Gasteiger partial charge in [-0.25, -0.2) is 4.39 Å². The summed E-state index contributed by atoms with van der Waals surface area (Å²) in [5, 5.41) is 5.56. The van der Waals surface area contributed by atoms with Crippen LogP contribution in [0.3, 0.4) is 0 Å². The van der Waals surface area contributed by atoms with Crippen molar-refractivity contribution in [3.05, 3.63) is 71.0 Å². The fourth-order valence-electron chi connectivity index (χ4n) is 2.00. The second-order valence-electron chi connectivity index (χ2n) is 5.14. The number of benzene rings is 2. The fraction of sp³-hybridized carbons (Fsp3) is 0.222. The topological polar surface area (TPSA) is 58.2 Å². The summed E-state index contributed by atoms with van der Waals surface area (Å²) in [6.45, 7) is 2.98. The molecule has 0 heterocycles. The zero-order valence-corrected chi connectivity index (χ0v) is 12.9. The number of rotatable bonds is 6. The van der Waals surface area contributed by atoms with E-state index < -0.39 is 0 Å². The molecule has 0 aliphatic rings. The lowest BCUT2D eigenvalue weighted by atomic mass is 10.1. The molecule has 2 N–H and O–H groups in total. The third-order valence-corrected chi connectivity index (χ3v) is 3.31. The van der Waals surface area contributed by atoms with Crippen LogP contribution in [-0.4, -0.2) is 18.4 Å². The molecule has 0 fully saturated rings. The number of nitrogens with one attached hydrogen (secondary N) is 2. The molecule has 4 nitrogen and oxygen atoms in total. The highest BCUT2D eigenvalue weighted by molar-refractivity contribution is 5.94. The van der Waals surface area contributed by atoms with Crippen LogP contribution in [0.15, 0.2) is 48.5 Å². The Morgan fingerprint density at radius 3 is 1.96 bits per heavy atom. The molecule has 2 aromatic carbocycles. The van der Waals surface area contributed by atoms with Gasteiger partial charge in [-0.15, -0.1) is 0 Å². The minimum atomic E-state index is -0.376. The Morgan fingerprint density at radius 2 is 1.39 bits per heavy atom. The molecule has 2 rings (SSSR count). The Morgan fingerprint density at radius 1 is 0.870 bits per heavy atom. The smallest absolute Gasteiger partial charge is 0.251 e. The Balaban J connectivity index is 1.89.